The van der Waals surface area contributed by atoms with Crippen LogP contribution in [0.1, 0.15) is 22.8 Å². The number of hydrogen-bond acceptors (Lipinski definition) is 5. The van der Waals surface area contributed by atoms with Crippen LogP contribution in [0.2, 0.25) is 5.02 Å². The zero-order valence-corrected chi connectivity index (χ0v) is 19.8. The van der Waals surface area contributed by atoms with Gasteiger partial charge in [0.2, 0.25) is 0 Å². The summed E-state index contributed by atoms with van der Waals surface area (Å²) in [5.74, 6) is 1.10. The molecule has 0 radical (unpaired) electrons. The van der Waals surface area contributed by atoms with Gasteiger partial charge in [0.05, 0.1) is 5.52 Å². The van der Waals surface area contributed by atoms with E-state index in [9.17, 15) is 4.79 Å². The Morgan fingerprint density at radius 1 is 0.971 bits per heavy atom. The molecule has 6 nitrogen and oxygen atoms in total. The van der Waals surface area contributed by atoms with Gasteiger partial charge in [0.25, 0.3) is 5.91 Å². The molecule has 1 N–H and O–H groups in total. The van der Waals surface area contributed by atoms with Gasteiger partial charge in [-0.3, -0.25) is 9.78 Å². The van der Waals surface area contributed by atoms with Crippen LogP contribution in [-0.4, -0.2) is 47.0 Å². The van der Waals surface area contributed by atoms with E-state index < -0.39 is 0 Å². The fourth-order valence-electron chi connectivity index (χ4n) is 4.38. The van der Waals surface area contributed by atoms with E-state index in [-0.39, 0.29) is 5.91 Å². The molecule has 0 spiro atoms. The minimum Gasteiger partial charge on any atom is -0.355 e. The number of carbonyl (C=O) groups is 1. The van der Waals surface area contributed by atoms with Crippen molar-refractivity contribution in [1.82, 2.24) is 14.9 Å². The third-order valence-electron chi connectivity index (χ3n) is 6.23. The van der Waals surface area contributed by atoms with Crippen LogP contribution in [0.15, 0.2) is 73.1 Å². The number of anilines is 3. The summed E-state index contributed by atoms with van der Waals surface area (Å²) in [6.45, 7) is 5.09. The zero-order chi connectivity index (χ0) is 23.5. The Hall–Kier alpha value is -3.64. The van der Waals surface area contributed by atoms with E-state index in [4.69, 9.17) is 11.6 Å². The molecule has 0 bridgehead atoms. The number of pyridine rings is 2. The summed E-state index contributed by atoms with van der Waals surface area (Å²) in [5, 5.41) is 5.07. The highest BCUT2D eigenvalue weighted by molar-refractivity contribution is 6.31. The second-order valence-electron chi connectivity index (χ2n) is 8.34. The van der Waals surface area contributed by atoms with Gasteiger partial charge >= 0.3 is 0 Å². The number of benzene rings is 2. The van der Waals surface area contributed by atoms with Crippen molar-refractivity contribution < 1.29 is 4.79 Å². The Kier molecular flexibility index (Phi) is 6.32. The summed E-state index contributed by atoms with van der Waals surface area (Å²) in [4.78, 5) is 26.3. The van der Waals surface area contributed by atoms with Gasteiger partial charge in [0.1, 0.15) is 5.82 Å². The van der Waals surface area contributed by atoms with Crippen LogP contribution in [0.3, 0.4) is 0 Å². The van der Waals surface area contributed by atoms with Crippen LogP contribution in [0.5, 0.6) is 0 Å². The van der Waals surface area contributed by atoms with Gasteiger partial charge in [-0.05, 0) is 66.6 Å². The Bertz CT molecular complexity index is 1320. The standard InChI is InChI=1S/C27H26ClN5O/c1-2-19-4-3-12-30-26(19)32-14-16-33(17-15-32)27(34)20-5-8-22(9-6-20)31-24-11-13-29-25-18-21(28)7-10-23(24)25/h3-13,18H,2,14-17H2,1H3,(H,29,31). The van der Waals surface area contributed by atoms with Gasteiger partial charge in [-0.1, -0.05) is 24.6 Å². The summed E-state index contributed by atoms with van der Waals surface area (Å²) in [7, 11) is 0. The molecular weight excluding hydrogens is 446 g/mol. The van der Waals surface area contributed by atoms with E-state index >= 15 is 0 Å². The summed E-state index contributed by atoms with van der Waals surface area (Å²) < 4.78 is 0. The lowest BCUT2D eigenvalue weighted by molar-refractivity contribution is 0.0746. The average molecular weight is 472 g/mol. The number of fused-ring (bicyclic) bond motifs is 1. The maximum atomic E-state index is 13.1. The van der Waals surface area contributed by atoms with Gasteiger partial charge < -0.3 is 15.1 Å². The lowest BCUT2D eigenvalue weighted by Crippen LogP contribution is -2.49. The second kappa shape index (κ2) is 9.69. The SMILES string of the molecule is CCc1cccnc1N1CCN(C(=O)c2ccc(Nc3ccnc4cc(Cl)ccc34)cc2)CC1. The van der Waals surface area contributed by atoms with Crippen LogP contribution in [0.4, 0.5) is 17.2 Å². The first kappa shape index (κ1) is 22.2. The van der Waals surface area contributed by atoms with Crippen molar-refractivity contribution in [1.29, 1.82) is 0 Å². The molecule has 1 amide bonds. The molecule has 3 heterocycles. The summed E-state index contributed by atoms with van der Waals surface area (Å²) in [5.41, 5.74) is 4.62. The second-order valence-corrected chi connectivity index (χ2v) is 8.78. The molecule has 34 heavy (non-hydrogen) atoms. The number of halogens is 1. The molecule has 0 aliphatic carbocycles. The van der Waals surface area contributed by atoms with E-state index in [1.165, 1.54) is 5.56 Å². The maximum Gasteiger partial charge on any atom is 0.253 e. The molecule has 5 rings (SSSR count). The van der Waals surface area contributed by atoms with Crippen LogP contribution >= 0.6 is 11.6 Å². The van der Waals surface area contributed by atoms with Crippen molar-refractivity contribution in [3.05, 3.63) is 89.2 Å². The molecule has 1 aliphatic heterocycles. The van der Waals surface area contributed by atoms with Crippen LogP contribution in [0, 0.1) is 0 Å². The van der Waals surface area contributed by atoms with Gasteiger partial charge in [0, 0.05) is 65.9 Å². The van der Waals surface area contributed by atoms with Gasteiger partial charge in [0.15, 0.2) is 0 Å². The Morgan fingerprint density at radius 3 is 2.53 bits per heavy atom. The topological polar surface area (TPSA) is 61.4 Å². The Balaban J connectivity index is 1.24. The van der Waals surface area contributed by atoms with E-state index in [1.807, 2.05) is 65.7 Å². The van der Waals surface area contributed by atoms with E-state index in [0.29, 0.717) is 23.7 Å². The van der Waals surface area contributed by atoms with Crippen molar-refractivity contribution in [2.45, 2.75) is 13.3 Å². The number of piperazine rings is 1. The lowest BCUT2D eigenvalue weighted by Gasteiger charge is -2.36. The number of carbonyl (C=O) groups excluding carboxylic acids is 1. The van der Waals surface area contributed by atoms with Crippen molar-refractivity contribution in [3.63, 3.8) is 0 Å². The van der Waals surface area contributed by atoms with Gasteiger partial charge in [-0.2, -0.15) is 0 Å². The number of nitrogens with zero attached hydrogens (tertiary/aromatic N) is 4. The van der Waals surface area contributed by atoms with Gasteiger partial charge in [-0.15, -0.1) is 0 Å². The molecule has 7 heteroatoms. The first-order valence-corrected chi connectivity index (χ1v) is 11.9. The minimum atomic E-state index is 0.0620. The molecule has 2 aromatic carbocycles. The van der Waals surface area contributed by atoms with E-state index in [1.54, 1.807) is 6.20 Å². The highest BCUT2D eigenvalue weighted by atomic mass is 35.5. The number of amides is 1. The van der Waals surface area contributed by atoms with E-state index in [0.717, 1.165) is 47.6 Å². The summed E-state index contributed by atoms with van der Waals surface area (Å²) in [6.07, 6.45) is 4.55. The van der Waals surface area contributed by atoms with Crippen LogP contribution < -0.4 is 10.2 Å². The zero-order valence-electron chi connectivity index (χ0n) is 19.0. The summed E-state index contributed by atoms with van der Waals surface area (Å²) >= 11 is 6.09. The fraction of sp³-hybridized carbons (Fsp3) is 0.222. The quantitative estimate of drug-likeness (QED) is 0.413. The molecule has 0 saturated carbocycles. The number of aromatic nitrogens is 2. The molecule has 0 unspecified atom stereocenters. The maximum absolute atomic E-state index is 13.1. The largest absolute Gasteiger partial charge is 0.355 e. The smallest absolute Gasteiger partial charge is 0.253 e. The first-order valence-electron chi connectivity index (χ1n) is 11.5. The number of nitrogens with one attached hydrogen (secondary N) is 1. The summed E-state index contributed by atoms with van der Waals surface area (Å²) in [6, 6.07) is 19.3. The molecule has 1 fully saturated rings. The Labute approximate surface area is 204 Å². The average Bonchev–Trinajstić information content (AvgIpc) is 2.89. The third-order valence-corrected chi connectivity index (χ3v) is 6.47. The highest BCUT2D eigenvalue weighted by Crippen LogP contribution is 2.27. The van der Waals surface area contributed by atoms with Crippen LogP contribution in [-0.2, 0) is 6.42 Å². The van der Waals surface area contributed by atoms with Crippen molar-refractivity contribution in [3.8, 4) is 0 Å². The number of hydrogen-bond donors (Lipinski definition) is 1. The first-order chi connectivity index (χ1) is 16.6. The third kappa shape index (κ3) is 4.54. The molecule has 172 valence electrons. The molecule has 1 saturated heterocycles. The van der Waals surface area contributed by atoms with Crippen molar-refractivity contribution >= 4 is 45.6 Å². The molecule has 4 aromatic rings. The van der Waals surface area contributed by atoms with Crippen molar-refractivity contribution in [2.24, 2.45) is 0 Å². The van der Waals surface area contributed by atoms with Crippen molar-refractivity contribution in [2.75, 3.05) is 36.4 Å². The molecule has 0 atom stereocenters. The minimum absolute atomic E-state index is 0.0620. The van der Waals surface area contributed by atoms with Gasteiger partial charge in [-0.25, -0.2) is 4.98 Å². The lowest BCUT2D eigenvalue weighted by atomic mass is 10.1. The molecular formula is C27H26ClN5O. The molecule has 1 aliphatic rings. The molecule has 2 aromatic heterocycles. The number of rotatable bonds is 5. The number of aryl methyl sites for hydroxylation is 1. The normalized spacial score (nSPS) is 13.8. The monoisotopic (exact) mass is 471 g/mol. The highest BCUT2D eigenvalue weighted by Gasteiger charge is 2.23. The van der Waals surface area contributed by atoms with E-state index in [2.05, 4.69) is 33.2 Å². The predicted octanol–water partition coefficient (Wildman–Crippen LogP) is 5.55. The predicted molar refractivity (Wildman–Crippen MR) is 138 cm³/mol. The Morgan fingerprint density at radius 2 is 1.76 bits per heavy atom. The van der Waals surface area contributed by atoms with Crippen LogP contribution in [0.25, 0.3) is 10.9 Å². The fourth-order valence-corrected chi connectivity index (χ4v) is 4.54.